The van der Waals surface area contributed by atoms with Crippen LogP contribution in [-0.2, 0) is 16.0 Å². The van der Waals surface area contributed by atoms with Gasteiger partial charge < -0.3 is 14.9 Å². The van der Waals surface area contributed by atoms with E-state index in [0.717, 1.165) is 7.11 Å². The third kappa shape index (κ3) is 6.79. The molecule has 0 aromatic carbocycles. The fraction of sp³-hybridized carbons (Fsp3) is 0.556. The molecule has 2 N–H and O–H groups in total. The molecule has 8 nitrogen and oxygen atoms in total. The lowest BCUT2D eigenvalue weighted by Gasteiger charge is -2.10. The normalized spacial score (nSPS) is 8.96. The van der Waals surface area contributed by atoms with Crippen LogP contribution in [0.4, 0.5) is 0 Å². The summed E-state index contributed by atoms with van der Waals surface area (Å²) in [4.78, 5) is 26.8. The Kier molecular flexibility index (Phi) is 13.6. The maximum absolute atomic E-state index is 11.6. The molecular weight excluding hydrogens is 338 g/mol. The van der Waals surface area contributed by atoms with E-state index in [1.165, 1.54) is 10.6 Å². The van der Waals surface area contributed by atoms with Gasteiger partial charge in [-0.2, -0.15) is 5.10 Å². The summed E-state index contributed by atoms with van der Waals surface area (Å²) in [6.45, 7) is 13.6. The van der Waals surface area contributed by atoms with E-state index in [4.69, 9.17) is 14.9 Å². The first-order chi connectivity index (χ1) is 12.4. The number of aromatic carboxylic acids is 1. The molecule has 148 valence electrons. The maximum Gasteiger partial charge on any atom is 0.356 e. The molecule has 0 spiro atoms. The smallest absolute Gasteiger partial charge is 0.356 e. The number of hydrogen-bond donors (Lipinski definition) is 2. The second-order valence-electron chi connectivity index (χ2n) is 4.35. The van der Waals surface area contributed by atoms with Crippen molar-refractivity contribution >= 4 is 17.6 Å². The zero-order valence-corrected chi connectivity index (χ0v) is 17.0. The van der Waals surface area contributed by atoms with Gasteiger partial charge in [0, 0.05) is 30.1 Å². The summed E-state index contributed by atoms with van der Waals surface area (Å²) in [5.74, 6) is -1.45. The van der Waals surface area contributed by atoms with E-state index >= 15 is 0 Å². The number of aromatic nitrogens is 3. The number of nitrogens with zero attached hydrogens (tertiary/aromatic N) is 3. The largest absolute Gasteiger partial charge is 0.476 e. The van der Waals surface area contributed by atoms with Gasteiger partial charge in [0.25, 0.3) is 0 Å². The topological polar surface area (TPSA) is 114 Å². The highest BCUT2D eigenvalue weighted by molar-refractivity contribution is 5.86. The van der Waals surface area contributed by atoms with Crippen molar-refractivity contribution in [3.8, 4) is 0 Å². The van der Waals surface area contributed by atoms with Gasteiger partial charge in [0.05, 0.1) is 13.0 Å². The summed E-state index contributed by atoms with van der Waals surface area (Å²) in [5, 5.41) is 19.9. The fourth-order valence-electron chi connectivity index (χ4n) is 2.04. The molecule has 0 radical (unpaired) electrons. The van der Waals surface area contributed by atoms with Crippen molar-refractivity contribution in [3.05, 3.63) is 28.7 Å². The van der Waals surface area contributed by atoms with Crippen molar-refractivity contribution in [1.29, 1.82) is 0 Å². The van der Waals surface area contributed by atoms with Crippen molar-refractivity contribution in [1.82, 2.24) is 14.6 Å². The lowest BCUT2D eigenvalue weighted by molar-refractivity contribution is -0.142. The number of aryl methyl sites for hydroxylation is 2. The van der Waals surface area contributed by atoms with Gasteiger partial charge >= 0.3 is 11.9 Å². The highest BCUT2D eigenvalue weighted by atomic mass is 16.5. The van der Waals surface area contributed by atoms with E-state index < -0.39 is 5.97 Å². The van der Waals surface area contributed by atoms with E-state index in [9.17, 15) is 9.59 Å². The Bertz CT molecular complexity index is 696. The van der Waals surface area contributed by atoms with Crippen LogP contribution in [0.15, 0.2) is 6.07 Å². The summed E-state index contributed by atoms with van der Waals surface area (Å²) in [7, 11) is 1.00. The first-order valence-corrected chi connectivity index (χ1v) is 8.63. The lowest BCUT2D eigenvalue weighted by Crippen LogP contribution is -2.13. The number of carbonyl (C=O) groups is 2. The van der Waals surface area contributed by atoms with Crippen molar-refractivity contribution in [2.24, 2.45) is 0 Å². The van der Waals surface area contributed by atoms with Crippen molar-refractivity contribution in [2.45, 2.75) is 54.9 Å². The lowest BCUT2D eigenvalue weighted by atomic mass is 10.1. The molecule has 26 heavy (non-hydrogen) atoms. The van der Waals surface area contributed by atoms with Crippen molar-refractivity contribution in [2.75, 3.05) is 13.7 Å². The molecule has 0 fully saturated rings. The van der Waals surface area contributed by atoms with Crippen LogP contribution in [0.1, 0.15) is 62.1 Å². The Morgan fingerprint density at radius 1 is 1.15 bits per heavy atom. The van der Waals surface area contributed by atoms with Gasteiger partial charge in [0.15, 0.2) is 11.3 Å². The number of fused-ring (bicyclic) bond motifs is 1. The number of carbonyl (C=O) groups excluding carboxylic acids is 1. The molecule has 0 saturated heterocycles. The highest BCUT2D eigenvalue weighted by Gasteiger charge is 2.17. The Balaban J connectivity index is 0. The summed E-state index contributed by atoms with van der Waals surface area (Å²) in [6, 6.07) is 1.40. The van der Waals surface area contributed by atoms with E-state index in [0.29, 0.717) is 29.2 Å². The average molecular weight is 369 g/mol. The van der Waals surface area contributed by atoms with Crippen molar-refractivity contribution < 1.29 is 24.5 Å². The molecule has 0 amide bonds. The van der Waals surface area contributed by atoms with Gasteiger partial charge in [-0.05, 0) is 20.8 Å². The van der Waals surface area contributed by atoms with E-state index in [1.807, 2.05) is 27.7 Å². The number of rotatable bonds is 4. The van der Waals surface area contributed by atoms with E-state index in [2.05, 4.69) is 10.1 Å². The van der Waals surface area contributed by atoms with Gasteiger partial charge in [-0.1, -0.05) is 27.7 Å². The van der Waals surface area contributed by atoms with Gasteiger partial charge in [-0.3, -0.25) is 4.79 Å². The number of aliphatic hydroxyl groups excluding tert-OH is 1. The minimum Gasteiger partial charge on any atom is -0.476 e. The number of aliphatic hydroxyl groups is 1. The number of esters is 1. The van der Waals surface area contributed by atoms with Crippen LogP contribution in [0, 0.1) is 13.8 Å². The third-order valence-corrected chi connectivity index (χ3v) is 3.01. The maximum atomic E-state index is 11.6. The molecule has 0 atom stereocenters. The number of carboxylic acid groups (broad SMARTS) is 1. The monoisotopic (exact) mass is 369 g/mol. The third-order valence-electron chi connectivity index (χ3n) is 3.01. The zero-order valence-electron chi connectivity index (χ0n) is 17.0. The van der Waals surface area contributed by atoms with Crippen LogP contribution < -0.4 is 0 Å². The minimum atomic E-state index is -1.11. The molecule has 2 aromatic heterocycles. The summed E-state index contributed by atoms with van der Waals surface area (Å²) in [5.41, 5.74) is 2.43. The second-order valence-corrected chi connectivity index (χ2v) is 4.35. The molecule has 0 unspecified atom stereocenters. The predicted molar refractivity (Wildman–Crippen MR) is 101 cm³/mol. The van der Waals surface area contributed by atoms with Crippen LogP contribution in [0.25, 0.3) is 5.65 Å². The molecule has 2 rings (SSSR count). The predicted octanol–water partition coefficient (Wildman–Crippen LogP) is 2.81. The summed E-state index contributed by atoms with van der Waals surface area (Å²) < 4.78 is 6.36. The highest BCUT2D eigenvalue weighted by Crippen LogP contribution is 2.16. The molecule has 8 heteroatoms. The standard InChI is InChI=1S/C13H15N3O4.2C2H6.CH4O/c1-4-20-12(17)5-9-7(2)14-11-6-10(13(18)19)15-16(11)8(9)3;3*1-2/h6H,4-5H2,1-3H3,(H,18,19);2*1-2H3;2H,1H3. The van der Waals surface area contributed by atoms with Crippen LogP contribution >= 0.6 is 0 Å². The molecule has 2 aromatic rings. The Morgan fingerprint density at radius 2 is 1.69 bits per heavy atom. The number of ether oxygens (including phenoxy) is 1. The average Bonchev–Trinajstić information content (AvgIpc) is 3.08. The minimum absolute atomic E-state index is 0.0757. The second kappa shape index (κ2) is 13.8. The van der Waals surface area contributed by atoms with Crippen LogP contribution in [-0.4, -0.2) is 50.5 Å². The number of carboxylic acids is 1. The molecule has 2 heterocycles. The SMILES string of the molecule is CC.CC.CCOC(=O)Cc1c(C)nc2cc(C(=O)O)nn2c1C.CO. The van der Waals surface area contributed by atoms with E-state index in [-0.39, 0.29) is 18.1 Å². The first-order valence-electron chi connectivity index (χ1n) is 8.63. The fourth-order valence-corrected chi connectivity index (χ4v) is 2.04. The Hall–Kier alpha value is -2.48. The summed E-state index contributed by atoms with van der Waals surface area (Å²) in [6.07, 6.45) is 0.0940. The van der Waals surface area contributed by atoms with Crippen LogP contribution in [0.5, 0.6) is 0 Å². The van der Waals surface area contributed by atoms with E-state index in [1.54, 1.807) is 20.8 Å². The molecule has 0 aliphatic carbocycles. The molecule has 0 saturated carbocycles. The van der Waals surface area contributed by atoms with Gasteiger partial charge in [-0.15, -0.1) is 0 Å². The molecule has 0 aliphatic rings. The quantitative estimate of drug-likeness (QED) is 0.796. The molecule has 0 aliphatic heterocycles. The van der Waals surface area contributed by atoms with Gasteiger partial charge in [0.2, 0.25) is 0 Å². The Morgan fingerprint density at radius 3 is 2.15 bits per heavy atom. The van der Waals surface area contributed by atoms with Crippen LogP contribution in [0.3, 0.4) is 0 Å². The van der Waals surface area contributed by atoms with Gasteiger partial charge in [0.1, 0.15) is 0 Å². The van der Waals surface area contributed by atoms with Crippen molar-refractivity contribution in [3.63, 3.8) is 0 Å². The molecular formula is C18H31N3O5. The zero-order chi connectivity index (χ0) is 20.9. The number of hydrogen-bond acceptors (Lipinski definition) is 6. The van der Waals surface area contributed by atoms with Gasteiger partial charge in [-0.25, -0.2) is 14.3 Å². The van der Waals surface area contributed by atoms with Crippen LogP contribution in [0.2, 0.25) is 0 Å². The Labute approximate surface area is 154 Å². The summed E-state index contributed by atoms with van der Waals surface area (Å²) >= 11 is 0. The first kappa shape index (κ1) is 25.8. The molecule has 0 bridgehead atoms.